The Kier molecular flexibility index (Phi) is 7.00. The van der Waals surface area contributed by atoms with Gasteiger partial charge >= 0.3 is 0 Å². The van der Waals surface area contributed by atoms with Crippen molar-refractivity contribution in [3.8, 4) is 17.6 Å². The zero-order chi connectivity index (χ0) is 30.0. The molecule has 0 bridgehead atoms. The zero-order valence-corrected chi connectivity index (χ0v) is 23.6. The van der Waals surface area contributed by atoms with Gasteiger partial charge in [0.15, 0.2) is 11.4 Å². The minimum absolute atomic E-state index is 0.0368. The van der Waals surface area contributed by atoms with Crippen LogP contribution in [0.1, 0.15) is 53.6 Å². The molecule has 0 unspecified atom stereocenters. The Bertz CT molecular complexity index is 1540. The number of allylic oxidation sites excluding steroid dienone is 3. The molecule has 10 heteroatoms. The van der Waals surface area contributed by atoms with Crippen LogP contribution >= 0.6 is 0 Å². The van der Waals surface area contributed by atoms with Gasteiger partial charge in [-0.1, -0.05) is 17.9 Å². The first-order chi connectivity index (χ1) is 19.3. The second-order valence-corrected chi connectivity index (χ2v) is 11.7. The molecule has 4 aliphatic carbocycles. The fourth-order valence-corrected chi connectivity index (χ4v) is 6.89. The molecule has 0 saturated carbocycles. The number of ketones is 2. The third-order valence-electron chi connectivity index (χ3n) is 8.83. The molecule has 4 atom stereocenters. The van der Waals surface area contributed by atoms with Gasteiger partial charge in [0.25, 0.3) is 5.91 Å². The smallest absolute Gasteiger partial charge is 0.255 e. The van der Waals surface area contributed by atoms with Crippen LogP contribution in [0.4, 0.5) is 5.69 Å². The maximum atomic E-state index is 14.1. The van der Waals surface area contributed by atoms with E-state index in [1.807, 2.05) is 19.0 Å². The number of nitrogens with two attached hydrogens (primary N) is 1. The lowest BCUT2D eigenvalue weighted by Gasteiger charge is -2.50. The number of fused-ring (bicyclic) bond motifs is 3. The van der Waals surface area contributed by atoms with Crippen molar-refractivity contribution in [2.75, 3.05) is 33.1 Å². The molecule has 0 aromatic heterocycles. The Morgan fingerprint density at radius 3 is 2.39 bits per heavy atom. The standard InChI is InChI=1S/C31H35N3O7/c1-33(2)20-14-16(11-10-15-8-6-5-7-9-15)25(35)22-18(20)12-17-13-19-24(34(3)4)27(37)23(30(32)40)29(39)31(19,41)28(38)21(17)26(22)36/h8,14,17,19,24,35,37-38,41H,5-7,9,12-13H2,1-4H3,(H2,32,40)/t17-,19-,24-,31-/m1/s1. The number of benzene rings is 1. The van der Waals surface area contributed by atoms with Crippen molar-refractivity contribution in [3.63, 3.8) is 0 Å². The number of likely N-dealkylation sites (N-methyl/N-ethyl adjacent to an activating group) is 1. The zero-order valence-electron chi connectivity index (χ0n) is 23.6. The van der Waals surface area contributed by atoms with Crippen LogP contribution in [0.2, 0.25) is 0 Å². The van der Waals surface area contributed by atoms with E-state index in [0.29, 0.717) is 11.3 Å². The van der Waals surface area contributed by atoms with Gasteiger partial charge in [-0.2, -0.15) is 0 Å². The Balaban J connectivity index is 1.70. The summed E-state index contributed by atoms with van der Waals surface area (Å²) in [5.41, 5.74) is 4.13. The van der Waals surface area contributed by atoms with Gasteiger partial charge in [0.2, 0.25) is 5.78 Å². The number of aliphatic hydroxyl groups excluding tert-OH is 2. The fourth-order valence-electron chi connectivity index (χ4n) is 6.89. The molecule has 5 rings (SSSR count). The van der Waals surface area contributed by atoms with E-state index in [4.69, 9.17) is 5.73 Å². The Labute approximate surface area is 238 Å². The van der Waals surface area contributed by atoms with Crippen molar-refractivity contribution >= 4 is 23.2 Å². The van der Waals surface area contributed by atoms with E-state index in [1.165, 1.54) is 4.90 Å². The molecule has 41 heavy (non-hydrogen) atoms. The van der Waals surface area contributed by atoms with Gasteiger partial charge in [0.1, 0.15) is 22.8 Å². The summed E-state index contributed by atoms with van der Waals surface area (Å²) in [5, 5.41) is 45.5. The molecule has 1 amide bonds. The first-order valence-corrected chi connectivity index (χ1v) is 13.7. The van der Waals surface area contributed by atoms with Crippen molar-refractivity contribution in [1.29, 1.82) is 0 Å². The topological polar surface area (TPSA) is 165 Å². The summed E-state index contributed by atoms with van der Waals surface area (Å²) in [6, 6.07) is 0.709. The number of amides is 1. The largest absolute Gasteiger partial charge is 0.510 e. The number of aromatic hydroxyl groups is 1. The Hall–Kier alpha value is -4.07. The number of Topliss-reactive ketones (excluding diaryl/α,β-unsaturated/α-hetero) is 2. The molecule has 0 aliphatic heterocycles. The lowest BCUT2D eigenvalue weighted by molar-refractivity contribution is -0.148. The number of primary amides is 1. The van der Waals surface area contributed by atoms with Crippen LogP contribution in [0.5, 0.6) is 5.75 Å². The van der Waals surface area contributed by atoms with Gasteiger partial charge in [-0.3, -0.25) is 19.3 Å². The van der Waals surface area contributed by atoms with Crippen LogP contribution < -0.4 is 10.6 Å². The highest BCUT2D eigenvalue weighted by Crippen LogP contribution is 2.53. The van der Waals surface area contributed by atoms with E-state index in [0.717, 1.165) is 31.3 Å². The molecule has 6 N–H and O–H groups in total. The Morgan fingerprint density at radius 1 is 1.10 bits per heavy atom. The lowest BCUT2D eigenvalue weighted by Crippen LogP contribution is -2.63. The van der Waals surface area contributed by atoms with Gasteiger partial charge in [-0.25, -0.2) is 0 Å². The quantitative estimate of drug-likeness (QED) is 0.274. The maximum Gasteiger partial charge on any atom is 0.255 e. The predicted octanol–water partition coefficient (Wildman–Crippen LogP) is 2.04. The average molecular weight is 562 g/mol. The monoisotopic (exact) mass is 561 g/mol. The van der Waals surface area contributed by atoms with E-state index in [9.17, 15) is 34.8 Å². The number of carbonyl (C=O) groups excluding carboxylic acids is 3. The first kappa shape index (κ1) is 28.5. The average Bonchev–Trinajstić information content (AvgIpc) is 2.90. The van der Waals surface area contributed by atoms with Crippen LogP contribution in [-0.2, 0) is 16.0 Å². The van der Waals surface area contributed by atoms with Gasteiger partial charge in [-0.05, 0) is 75.7 Å². The van der Waals surface area contributed by atoms with E-state index in [-0.39, 0.29) is 35.3 Å². The minimum Gasteiger partial charge on any atom is -0.510 e. The summed E-state index contributed by atoms with van der Waals surface area (Å²) in [5.74, 6) is -0.623. The fraction of sp³-hybridized carbons (Fsp3) is 0.452. The van der Waals surface area contributed by atoms with Crippen LogP contribution in [0.25, 0.3) is 0 Å². The molecule has 1 aromatic rings. The Morgan fingerprint density at radius 2 is 1.80 bits per heavy atom. The van der Waals surface area contributed by atoms with Gasteiger partial charge < -0.3 is 31.1 Å². The summed E-state index contributed by atoms with van der Waals surface area (Å²) < 4.78 is 0. The molecular formula is C31H35N3O7. The highest BCUT2D eigenvalue weighted by molar-refractivity contribution is 6.25. The van der Waals surface area contributed by atoms with E-state index in [1.54, 1.807) is 20.2 Å². The lowest BCUT2D eigenvalue weighted by atomic mass is 9.58. The predicted molar refractivity (Wildman–Crippen MR) is 151 cm³/mol. The van der Waals surface area contributed by atoms with Crippen molar-refractivity contribution in [3.05, 3.63) is 57.1 Å². The molecular weight excluding hydrogens is 526 g/mol. The summed E-state index contributed by atoms with van der Waals surface area (Å²) in [6.07, 6.45) is 6.26. The molecule has 10 nitrogen and oxygen atoms in total. The van der Waals surface area contributed by atoms with Crippen molar-refractivity contribution in [2.24, 2.45) is 17.6 Å². The normalized spacial score (nSPS) is 27.5. The van der Waals surface area contributed by atoms with Crippen molar-refractivity contribution < 1.29 is 34.8 Å². The molecule has 0 radical (unpaired) electrons. The molecule has 4 aliphatic rings. The number of phenolic OH excluding ortho intramolecular Hbond substituents is 1. The number of anilines is 1. The van der Waals surface area contributed by atoms with E-state index in [2.05, 4.69) is 17.9 Å². The number of rotatable bonds is 3. The summed E-state index contributed by atoms with van der Waals surface area (Å²) in [4.78, 5) is 43.1. The number of carbonyl (C=O) groups is 3. The van der Waals surface area contributed by atoms with E-state index >= 15 is 0 Å². The number of nitrogens with zero attached hydrogens (tertiary/aromatic N) is 2. The van der Waals surface area contributed by atoms with Gasteiger partial charge in [0.05, 0.1) is 17.2 Å². The highest BCUT2D eigenvalue weighted by atomic mass is 16.3. The van der Waals surface area contributed by atoms with Crippen LogP contribution in [-0.4, -0.2) is 82.6 Å². The third kappa shape index (κ3) is 4.23. The molecule has 0 fully saturated rings. The summed E-state index contributed by atoms with van der Waals surface area (Å²) in [6.45, 7) is 0. The van der Waals surface area contributed by atoms with Gasteiger partial charge in [-0.15, -0.1) is 0 Å². The maximum absolute atomic E-state index is 14.1. The number of hydrogen-bond acceptors (Lipinski definition) is 9. The first-order valence-electron chi connectivity index (χ1n) is 13.7. The SMILES string of the molecule is CN(C)c1cc(C#CC2=CCCCC2)c(O)c2c1C[C@@H]1C[C@@H]3[C@@H](N(C)C)C(O)=C(C(N)=O)C(=O)[C@]3(O)C(O)=C1C2=O. The summed E-state index contributed by atoms with van der Waals surface area (Å²) in [7, 11) is 6.83. The molecule has 0 heterocycles. The minimum atomic E-state index is -2.67. The third-order valence-corrected chi connectivity index (χ3v) is 8.83. The number of hydrogen-bond donors (Lipinski definition) is 5. The molecule has 216 valence electrons. The molecule has 1 aromatic carbocycles. The molecule has 0 spiro atoms. The number of aliphatic hydroxyl groups is 3. The van der Waals surface area contributed by atoms with E-state index < -0.39 is 58.0 Å². The van der Waals surface area contributed by atoms with Crippen molar-refractivity contribution in [2.45, 2.75) is 50.2 Å². The van der Waals surface area contributed by atoms with Crippen LogP contribution in [0, 0.1) is 23.7 Å². The van der Waals surface area contributed by atoms with Crippen LogP contribution in [0.15, 0.2) is 40.4 Å². The molecule has 0 saturated heterocycles. The van der Waals surface area contributed by atoms with Crippen molar-refractivity contribution in [1.82, 2.24) is 4.90 Å². The van der Waals surface area contributed by atoms with Gasteiger partial charge in [0, 0.05) is 31.3 Å². The highest BCUT2D eigenvalue weighted by Gasteiger charge is 2.63. The summed E-state index contributed by atoms with van der Waals surface area (Å²) >= 11 is 0. The second kappa shape index (κ2) is 10.1. The second-order valence-electron chi connectivity index (χ2n) is 11.7. The number of phenols is 1. The van der Waals surface area contributed by atoms with Crippen LogP contribution in [0.3, 0.4) is 0 Å².